The molecule has 0 aliphatic heterocycles. The third kappa shape index (κ3) is 21.5. The Bertz CT molecular complexity index is 2100. The van der Waals surface area contributed by atoms with Crippen LogP contribution in [-0.4, -0.2) is 110 Å². The summed E-state index contributed by atoms with van der Waals surface area (Å²) in [5.41, 5.74) is 15.9. The maximum atomic E-state index is 13.1. The first-order chi connectivity index (χ1) is 29.5. The largest absolute Gasteiger partial charge is 0.510 e. The van der Waals surface area contributed by atoms with Gasteiger partial charge in [-0.2, -0.15) is 0 Å². The average Bonchev–Trinajstić information content (AvgIpc) is 3.78. The van der Waals surface area contributed by atoms with Crippen LogP contribution in [0.3, 0.4) is 0 Å². The zero-order valence-electron chi connectivity index (χ0n) is 36.2. The lowest BCUT2D eigenvalue weighted by Gasteiger charge is -2.21. The number of nitrogens with zero attached hydrogens (tertiary/aromatic N) is 4. The van der Waals surface area contributed by atoms with Gasteiger partial charge in [-0.25, -0.2) is 24.4 Å². The quantitative estimate of drug-likeness (QED) is 0.0171. The normalized spacial score (nSPS) is 12.5. The molecule has 63 heavy (non-hydrogen) atoms. The molecule has 0 saturated heterocycles. The summed E-state index contributed by atoms with van der Waals surface area (Å²) in [6.45, 7) is 12.8. The molecule has 0 aliphatic rings. The third-order valence-corrected chi connectivity index (χ3v) is 9.39. The van der Waals surface area contributed by atoms with Gasteiger partial charge in [0.2, 0.25) is 13.6 Å². The SMILES string of the molecule is CC(C)OC(=O)OCCl.CC(C)OC(=O)OCOP(=O)(COC(C)Cn1cnc2c(N)cccc21)OCOC(=O)OC(C)C.C[C@@H](Cn1cnc2c(N)cccc21)OCP(=O)(O)O. The summed E-state index contributed by atoms with van der Waals surface area (Å²) in [4.78, 5) is 59.4. The zero-order valence-corrected chi connectivity index (χ0v) is 38.7. The lowest BCUT2D eigenvalue weighted by Crippen LogP contribution is -2.20. The average molecular weight is 955 g/mol. The summed E-state index contributed by atoms with van der Waals surface area (Å²) in [6.07, 6.45) is -2.37. The number of hydrogen-bond donors (Lipinski definition) is 4. The summed E-state index contributed by atoms with van der Waals surface area (Å²) in [7, 11) is -8.17. The van der Waals surface area contributed by atoms with Gasteiger partial charge in [0.25, 0.3) is 0 Å². The number of imidazole rings is 2. The maximum absolute atomic E-state index is 13.1. The van der Waals surface area contributed by atoms with Crippen LogP contribution in [0, 0.1) is 0 Å². The number of carbonyl (C=O) groups is 3. The number of benzene rings is 2. The van der Waals surface area contributed by atoms with E-state index in [2.05, 4.69) is 19.4 Å². The second-order valence-corrected chi connectivity index (χ2v) is 17.8. The van der Waals surface area contributed by atoms with Crippen molar-refractivity contribution in [2.45, 2.75) is 99.0 Å². The van der Waals surface area contributed by atoms with Gasteiger partial charge >= 0.3 is 33.7 Å². The smallest absolute Gasteiger partial charge is 0.432 e. The Morgan fingerprint density at radius 3 is 1.40 bits per heavy atom. The van der Waals surface area contributed by atoms with E-state index in [0.29, 0.717) is 35.5 Å². The van der Waals surface area contributed by atoms with E-state index < -0.39 is 78.3 Å². The van der Waals surface area contributed by atoms with Crippen molar-refractivity contribution in [1.82, 2.24) is 19.1 Å². The summed E-state index contributed by atoms with van der Waals surface area (Å²) in [5.74, 6) is 0. The fraction of sp³-hybridized carbons (Fsp3) is 0.541. The lowest BCUT2D eigenvalue weighted by atomic mass is 10.2. The fourth-order valence-electron chi connectivity index (χ4n) is 4.76. The Hall–Kier alpha value is -4.70. The van der Waals surface area contributed by atoms with Crippen molar-refractivity contribution in [2.24, 2.45) is 0 Å². The molecule has 1 unspecified atom stereocenters. The van der Waals surface area contributed by atoms with Gasteiger partial charge in [0.05, 0.1) is 78.7 Å². The molecular formula is C37H57ClN6O17P2. The molecule has 0 fully saturated rings. The van der Waals surface area contributed by atoms with Crippen LogP contribution in [0.2, 0.25) is 0 Å². The van der Waals surface area contributed by atoms with Crippen molar-refractivity contribution in [3.8, 4) is 0 Å². The molecule has 0 radical (unpaired) electrons. The third-order valence-electron chi connectivity index (χ3n) is 7.34. The molecule has 354 valence electrons. The second-order valence-electron chi connectivity index (χ2n) is 14.0. The van der Waals surface area contributed by atoms with Gasteiger partial charge in [-0.05, 0) is 79.7 Å². The van der Waals surface area contributed by atoms with Gasteiger partial charge in [-0.15, -0.1) is 0 Å². The molecule has 4 rings (SSSR count). The van der Waals surface area contributed by atoms with Crippen LogP contribution in [0.1, 0.15) is 55.4 Å². The first kappa shape index (κ1) is 54.4. The predicted molar refractivity (Wildman–Crippen MR) is 229 cm³/mol. The summed E-state index contributed by atoms with van der Waals surface area (Å²) in [5, 5.41) is 0. The Labute approximate surface area is 369 Å². The molecule has 0 amide bonds. The first-order valence-corrected chi connectivity index (χ1v) is 23.2. The molecule has 0 saturated carbocycles. The van der Waals surface area contributed by atoms with Crippen molar-refractivity contribution < 1.29 is 80.2 Å². The van der Waals surface area contributed by atoms with E-state index in [9.17, 15) is 23.5 Å². The molecule has 23 nitrogen and oxygen atoms in total. The molecule has 0 aliphatic carbocycles. The van der Waals surface area contributed by atoms with Crippen molar-refractivity contribution in [3.63, 3.8) is 0 Å². The lowest BCUT2D eigenvalue weighted by molar-refractivity contribution is -0.0369. The summed E-state index contributed by atoms with van der Waals surface area (Å²) in [6, 6.07) is 10.8. The van der Waals surface area contributed by atoms with Crippen molar-refractivity contribution in [2.75, 3.05) is 43.8 Å². The first-order valence-electron chi connectivity index (χ1n) is 19.1. The highest BCUT2D eigenvalue weighted by atomic mass is 35.5. The van der Waals surface area contributed by atoms with Crippen LogP contribution in [0.15, 0.2) is 49.1 Å². The summed E-state index contributed by atoms with van der Waals surface area (Å²) < 4.78 is 76.5. The van der Waals surface area contributed by atoms with Crippen molar-refractivity contribution >= 4 is 78.7 Å². The molecule has 26 heteroatoms. The topological polar surface area (TPSA) is 306 Å². The number of hydrogen-bond acceptors (Lipinski definition) is 19. The monoisotopic (exact) mass is 954 g/mol. The minimum atomic E-state index is -4.13. The predicted octanol–water partition coefficient (Wildman–Crippen LogP) is 7.15. The number of anilines is 2. The van der Waals surface area contributed by atoms with Gasteiger partial charge in [-0.1, -0.05) is 23.7 Å². The van der Waals surface area contributed by atoms with Gasteiger partial charge in [0, 0.05) is 0 Å². The number of nitrogen functional groups attached to an aromatic ring is 2. The maximum Gasteiger partial charge on any atom is 0.510 e. The number of para-hydroxylation sites is 2. The highest BCUT2D eigenvalue weighted by Gasteiger charge is 2.29. The van der Waals surface area contributed by atoms with Gasteiger partial charge in [0.1, 0.15) is 23.7 Å². The van der Waals surface area contributed by atoms with Crippen LogP contribution >= 0.6 is 26.8 Å². The van der Waals surface area contributed by atoms with Crippen LogP contribution in [-0.2, 0) is 69.2 Å². The van der Waals surface area contributed by atoms with Gasteiger partial charge < -0.3 is 68.3 Å². The van der Waals surface area contributed by atoms with Crippen molar-refractivity contribution in [1.29, 1.82) is 0 Å². The Kier molecular flexibility index (Phi) is 23.2. The minimum absolute atomic E-state index is 0.152. The fourth-order valence-corrected chi connectivity index (χ4v) is 6.39. The van der Waals surface area contributed by atoms with E-state index >= 15 is 0 Å². The Morgan fingerprint density at radius 1 is 0.651 bits per heavy atom. The molecule has 0 spiro atoms. The number of rotatable bonds is 20. The number of fused-ring (bicyclic) bond motifs is 2. The molecule has 2 atom stereocenters. The molecule has 2 heterocycles. The van der Waals surface area contributed by atoms with E-state index in [4.69, 9.17) is 70.3 Å². The van der Waals surface area contributed by atoms with Crippen LogP contribution < -0.4 is 11.5 Å². The van der Waals surface area contributed by atoms with Gasteiger partial charge in [-0.3, -0.25) is 18.2 Å². The van der Waals surface area contributed by atoms with Gasteiger partial charge in [0.15, 0.2) is 6.07 Å². The summed E-state index contributed by atoms with van der Waals surface area (Å²) >= 11 is 5.06. The van der Waals surface area contributed by atoms with E-state index in [0.717, 1.165) is 11.0 Å². The number of ether oxygens (including phenoxy) is 8. The van der Waals surface area contributed by atoms with E-state index in [1.165, 1.54) is 0 Å². The zero-order chi connectivity index (χ0) is 47.3. The Balaban J connectivity index is 0.000000403. The Morgan fingerprint density at radius 2 is 1.03 bits per heavy atom. The molecule has 2 aromatic heterocycles. The van der Waals surface area contributed by atoms with Crippen LogP contribution in [0.5, 0.6) is 0 Å². The molecule has 0 bridgehead atoms. The van der Waals surface area contributed by atoms with Crippen LogP contribution in [0.25, 0.3) is 22.1 Å². The van der Waals surface area contributed by atoms with Crippen LogP contribution in [0.4, 0.5) is 25.8 Å². The van der Waals surface area contributed by atoms with Crippen molar-refractivity contribution in [3.05, 3.63) is 49.1 Å². The molecule has 6 N–H and O–H groups in total. The number of carbonyl (C=O) groups excluding carboxylic acids is 3. The highest BCUT2D eigenvalue weighted by molar-refractivity contribution is 7.53. The van der Waals surface area contributed by atoms with E-state index in [-0.39, 0.29) is 18.3 Å². The minimum Gasteiger partial charge on any atom is -0.432 e. The van der Waals surface area contributed by atoms with E-state index in [1.807, 2.05) is 33.4 Å². The standard InChI is InChI=1S/C21H32N3O10P.C11H16N3O4P.C5H9ClO3/c1-14(2)33-20(25)28-11-31-35(27,32-12-29-21(26)34-15(3)4)13-30-16(5)9-24-10-23-19-17(22)7-6-8-18(19)24;1-8(18-7-19(15,16)17)5-14-6-13-11-9(12)3-2-4-10(11)14;1-4(2)9-5(7)8-3-6/h6-8,10,14-16H,9,11-13,22H2,1-5H3;2-4,6,8H,5,7,12H2,1H3,(H2,15,16,17);4H,3H2,1-2H3/t;8-;/m.0./s1. The molecule has 4 aromatic rings. The second kappa shape index (κ2) is 26.8. The van der Waals surface area contributed by atoms with E-state index in [1.54, 1.807) is 80.2 Å². The number of nitrogens with two attached hydrogens (primary N) is 2. The number of halogens is 1. The highest BCUT2D eigenvalue weighted by Crippen LogP contribution is 2.48. The molecular weight excluding hydrogens is 898 g/mol. The number of alkyl halides is 1. The number of aromatic nitrogens is 4. The molecule has 2 aromatic carbocycles.